The van der Waals surface area contributed by atoms with Crippen LogP contribution in [0.4, 0.5) is 0 Å². The molecule has 0 amide bonds. The zero-order valence-corrected chi connectivity index (χ0v) is 12.6. The fourth-order valence-electron chi connectivity index (χ4n) is 2.51. The summed E-state index contributed by atoms with van der Waals surface area (Å²) in [6, 6.07) is 0. The molecule has 0 saturated carbocycles. The van der Waals surface area contributed by atoms with Gasteiger partial charge < -0.3 is 19.3 Å². The van der Waals surface area contributed by atoms with Crippen LogP contribution in [0.15, 0.2) is 0 Å². The van der Waals surface area contributed by atoms with Gasteiger partial charge in [0.2, 0.25) is 0 Å². The van der Waals surface area contributed by atoms with Crippen LogP contribution in [0.2, 0.25) is 0 Å². The van der Waals surface area contributed by atoms with Gasteiger partial charge >= 0.3 is 0 Å². The van der Waals surface area contributed by atoms with Crippen molar-refractivity contribution in [3.63, 3.8) is 0 Å². The Morgan fingerprint density at radius 3 is 2.22 bits per heavy atom. The second-order valence-corrected chi connectivity index (χ2v) is 7.00. The van der Waals surface area contributed by atoms with E-state index in [0.717, 1.165) is 0 Å². The Bertz CT molecular complexity index is 252. The number of piperidine rings is 1. The number of nitrogens with zero attached hydrogens (tertiary/aromatic N) is 1. The Morgan fingerprint density at radius 1 is 1.22 bits per heavy atom. The normalized spacial score (nSPS) is 33.0. The van der Waals surface area contributed by atoms with Gasteiger partial charge in [0.05, 0.1) is 6.10 Å². The van der Waals surface area contributed by atoms with Gasteiger partial charge in [-0.05, 0) is 27.2 Å². The van der Waals surface area contributed by atoms with E-state index < -0.39 is 25.7 Å². The molecule has 18 heavy (non-hydrogen) atoms. The summed E-state index contributed by atoms with van der Waals surface area (Å²) in [6.45, 7) is 5.48. The van der Waals surface area contributed by atoms with Crippen LogP contribution >= 0.6 is 8.38 Å². The first-order valence-electron chi connectivity index (χ1n) is 5.92. The first kappa shape index (κ1) is 16.2. The maximum atomic E-state index is 10.4. The van der Waals surface area contributed by atoms with E-state index in [1.165, 1.54) is 0 Å². The lowest BCUT2D eigenvalue weighted by Crippen LogP contribution is -2.62. The first-order chi connectivity index (χ1) is 8.23. The summed E-state index contributed by atoms with van der Waals surface area (Å²) < 4.78 is 10.2. The van der Waals surface area contributed by atoms with E-state index in [1.54, 1.807) is 26.2 Å². The third kappa shape index (κ3) is 3.84. The molecular weight excluding hydrogens is 257 g/mol. The number of aliphatic hydroxyl groups is 2. The molecule has 1 aliphatic rings. The van der Waals surface area contributed by atoms with Crippen LogP contribution in [-0.4, -0.2) is 53.2 Å². The van der Waals surface area contributed by atoms with E-state index in [1.807, 2.05) is 13.8 Å². The molecule has 7 heteroatoms. The van der Waals surface area contributed by atoms with Gasteiger partial charge in [-0.2, -0.15) is 5.06 Å². The molecule has 0 aromatic heterocycles. The van der Waals surface area contributed by atoms with E-state index in [4.69, 9.17) is 13.9 Å². The molecule has 2 N–H and O–H groups in total. The molecule has 1 aliphatic heterocycles. The standard InChI is InChI=1S/C11H24NO5P/c1-10(2)6-9(13)7-11(3,14)12(10)17-8-18(15-4)16-5/h9,13-14H,6-8H2,1-5H3. The molecule has 0 aromatic carbocycles. The van der Waals surface area contributed by atoms with Crippen LogP contribution in [-0.2, 0) is 13.9 Å². The third-order valence-electron chi connectivity index (χ3n) is 3.04. The second-order valence-electron chi connectivity index (χ2n) is 5.34. The molecule has 1 saturated heterocycles. The first-order valence-corrected chi connectivity index (χ1v) is 7.28. The van der Waals surface area contributed by atoms with Gasteiger partial charge in [-0.3, -0.25) is 4.84 Å². The summed E-state index contributed by atoms with van der Waals surface area (Å²) in [7, 11) is 2.00. The van der Waals surface area contributed by atoms with E-state index >= 15 is 0 Å². The van der Waals surface area contributed by atoms with Crippen LogP contribution in [0.5, 0.6) is 0 Å². The average molecular weight is 281 g/mol. The molecular formula is C11H24NO5P. The highest BCUT2D eigenvalue weighted by Crippen LogP contribution is 2.41. The van der Waals surface area contributed by atoms with Crippen molar-refractivity contribution in [3.05, 3.63) is 0 Å². The van der Waals surface area contributed by atoms with Gasteiger partial charge in [-0.1, -0.05) is 0 Å². The lowest BCUT2D eigenvalue weighted by Gasteiger charge is -2.51. The Morgan fingerprint density at radius 2 is 1.78 bits per heavy atom. The van der Waals surface area contributed by atoms with Crippen molar-refractivity contribution in [2.45, 2.75) is 51.0 Å². The predicted octanol–water partition coefficient (Wildman–Crippen LogP) is 1.42. The minimum absolute atomic E-state index is 0.248. The highest BCUT2D eigenvalue weighted by Gasteiger charge is 2.48. The van der Waals surface area contributed by atoms with Gasteiger partial charge in [0.1, 0.15) is 12.1 Å². The van der Waals surface area contributed by atoms with Crippen molar-refractivity contribution >= 4 is 8.38 Å². The maximum Gasteiger partial charge on any atom is 0.199 e. The van der Waals surface area contributed by atoms with E-state index in [9.17, 15) is 10.2 Å². The van der Waals surface area contributed by atoms with Crippen LogP contribution in [0.1, 0.15) is 33.6 Å². The Labute approximate surface area is 110 Å². The van der Waals surface area contributed by atoms with Gasteiger partial charge in [0.15, 0.2) is 8.38 Å². The third-order valence-corrected chi connectivity index (χ3v) is 4.19. The van der Waals surface area contributed by atoms with Crippen molar-refractivity contribution in [1.82, 2.24) is 5.06 Å². The smallest absolute Gasteiger partial charge is 0.199 e. The zero-order valence-electron chi connectivity index (χ0n) is 11.7. The van der Waals surface area contributed by atoms with E-state index in [2.05, 4.69) is 0 Å². The van der Waals surface area contributed by atoms with Crippen LogP contribution < -0.4 is 0 Å². The number of aliphatic hydroxyl groups excluding tert-OH is 1. The summed E-state index contributed by atoms with van der Waals surface area (Å²) in [5.74, 6) is 0. The monoisotopic (exact) mass is 281 g/mol. The molecule has 0 spiro atoms. The summed E-state index contributed by atoms with van der Waals surface area (Å²) >= 11 is 0. The molecule has 1 fully saturated rings. The number of hydroxylamine groups is 2. The van der Waals surface area contributed by atoms with Crippen LogP contribution in [0, 0.1) is 0 Å². The van der Waals surface area contributed by atoms with Crippen molar-refractivity contribution < 1.29 is 24.1 Å². The molecule has 6 nitrogen and oxygen atoms in total. The average Bonchev–Trinajstić information content (AvgIpc) is 2.20. The molecule has 1 rings (SSSR count). The van der Waals surface area contributed by atoms with Crippen molar-refractivity contribution in [3.8, 4) is 0 Å². The molecule has 0 aliphatic carbocycles. The van der Waals surface area contributed by atoms with E-state index in [0.29, 0.717) is 6.42 Å². The largest absolute Gasteiger partial charge is 0.393 e. The van der Waals surface area contributed by atoms with Crippen molar-refractivity contribution in [1.29, 1.82) is 0 Å². The van der Waals surface area contributed by atoms with Gasteiger partial charge in [-0.25, -0.2) is 0 Å². The van der Waals surface area contributed by atoms with Crippen LogP contribution in [0.3, 0.4) is 0 Å². The summed E-state index contributed by atoms with van der Waals surface area (Å²) in [5, 5.41) is 21.7. The van der Waals surface area contributed by atoms with Gasteiger partial charge in [0, 0.05) is 26.2 Å². The zero-order chi connectivity index (χ0) is 14.0. The minimum Gasteiger partial charge on any atom is -0.393 e. The lowest BCUT2D eigenvalue weighted by atomic mass is 9.85. The SMILES string of the molecule is COP(CON1C(C)(C)CC(O)CC1(C)O)OC. The Balaban J connectivity index is 2.71. The molecule has 108 valence electrons. The molecule has 0 radical (unpaired) electrons. The van der Waals surface area contributed by atoms with E-state index in [-0.39, 0.29) is 12.8 Å². The molecule has 2 atom stereocenters. The second kappa shape index (κ2) is 6.09. The highest BCUT2D eigenvalue weighted by molar-refractivity contribution is 7.46. The lowest BCUT2D eigenvalue weighted by molar-refractivity contribution is -0.346. The summed E-state index contributed by atoms with van der Waals surface area (Å²) in [4.78, 5) is 5.66. The van der Waals surface area contributed by atoms with Crippen molar-refractivity contribution in [2.24, 2.45) is 0 Å². The Hall–Kier alpha value is 0.190. The fraction of sp³-hybridized carbons (Fsp3) is 1.00. The highest BCUT2D eigenvalue weighted by atomic mass is 31.2. The fourth-order valence-corrected chi connectivity index (χ4v) is 3.08. The number of hydrogen-bond acceptors (Lipinski definition) is 6. The minimum atomic E-state index is -1.20. The van der Waals surface area contributed by atoms with Gasteiger partial charge in [0.25, 0.3) is 0 Å². The molecule has 0 bridgehead atoms. The van der Waals surface area contributed by atoms with Crippen LogP contribution in [0.25, 0.3) is 0 Å². The molecule has 1 heterocycles. The molecule has 0 aromatic rings. The maximum absolute atomic E-state index is 10.4. The number of hydrogen-bond donors (Lipinski definition) is 2. The van der Waals surface area contributed by atoms with Crippen molar-refractivity contribution in [2.75, 3.05) is 20.6 Å². The Kier molecular flexibility index (Phi) is 5.50. The molecule has 2 unspecified atom stereocenters. The summed E-state index contributed by atoms with van der Waals surface area (Å²) in [6.07, 6.45) is 0.522. The summed E-state index contributed by atoms with van der Waals surface area (Å²) in [5.41, 5.74) is -1.66. The predicted molar refractivity (Wildman–Crippen MR) is 68.7 cm³/mol. The topological polar surface area (TPSA) is 71.4 Å². The number of rotatable bonds is 5. The van der Waals surface area contributed by atoms with Gasteiger partial charge in [-0.15, -0.1) is 0 Å². The quantitative estimate of drug-likeness (QED) is 0.743.